The minimum absolute atomic E-state index is 0.0382. The Morgan fingerprint density at radius 2 is 1.87 bits per heavy atom. The second-order valence-electron chi connectivity index (χ2n) is 8.90. The molecule has 0 spiro atoms. The average molecular weight is 527 g/mol. The van der Waals surface area contributed by atoms with Crippen molar-refractivity contribution in [2.24, 2.45) is 0 Å². The summed E-state index contributed by atoms with van der Waals surface area (Å²) in [4.78, 5) is 49.4. The first-order valence-corrected chi connectivity index (χ1v) is 12.7. The number of carbonyl (C=O) groups is 3. The molecule has 0 saturated heterocycles. The maximum atomic E-state index is 13.2. The smallest absolute Gasteiger partial charge is 0.336 e. The van der Waals surface area contributed by atoms with Gasteiger partial charge in [-0.25, -0.2) is 9.78 Å². The van der Waals surface area contributed by atoms with Gasteiger partial charge in [-0.1, -0.05) is 37.6 Å². The number of benzene rings is 2. The number of hydrogen-bond acceptors (Lipinski definition) is 6. The molecule has 2 heterocycles. The number of nitrogens with one attached hydrogen (secondary N) is 3. The maximum Gasteiger partial charge on any atom is 0.336 e. The lowest BCUT2D eigenvalue weighted by Gasteiger charge is -2.13. The summed E-state index contributed by atoms with van der Waals surface area (Å²) >= 11 is 0. The number of nitrogens with zero attached hydrogens (tertiary/aromatic N) is 2. The number of imidazole rings is 1. The number of rotatable bonds is 10. The van der Waals surface area contributed by atoms with Crippen molar-refractivity contribution in [2.45, 2.75) is 33.1 Å². The lowest BCUT2D eigenvalue weighted by atomic mass is 9.95. The molecule has 2 aromatic heterocycles. The van der Waals surface area contributed by atoms with Gasteiger partial charge in [-0.15, -0.1) is 0 Å². The number of aromatic carboxylic acids is 1. The van der Waals surface area contributed by atoms with E-state index in [1.807, 2.05) is 0 Å². The summed E-state index contributed by atoms with van der Waals surface area (Å²) in [6.45, 7) is 4.59. The number of aromatic amines is 1. The number of nitrogens with two attached hydrogens (primary N) is 1. The van der Waals surface area contributed by atoms with Gasteiger partial charge in [-0.2, -0.15) is 0 Å². The van der Waals surface area contributed by atoms with Crippen LogP contribution in [0.2, 0.25) is 0 Å². The number of anilines is 2. The maximum absolute atomic E-state index is 13.2. The van der Waals surface area contributed by atoms with Gasteiger partial charge in [0.2, 0.25) is 0 Å². The molecule has 4 aromatic rings. The number of amides is 2. The van der Waals surface area contributed by atoms with Crippen LogP contribution in [0.15, 0.2) is 66.4 Å². The van der Waals surface area contributed by atoms with Gasteiger partial charge in [0.1, 0.15) is 5.69 Å². The quantitative estimate of drug-likeness (QED) is 0.181. The second-order valence-corrected chi connectivity index (χ2v) is 8.90. The molecule has 0 fully saturated rings. The van der Waals surface area contributed by atoms with E-state index in [1.165, 1.54) is 23.9 Å². The van der Waals surface area contributed by atoms with Gasteiger partial charge < -0.3 is 26.5 Å². The Bertz CT molecular complexity index is 1570. The summed E-state index contributed by atoms with van der Waals surface area (Å²) in [5.41, 5.74) is 9.49. The van der Waals surface area contributed by atoms with E-state index in [9.17, 15) is 19.5 Å². The van der Waals surface area contributed by atoms with Gasteiger partial charge >= 0.3 is 5.97 Å². The van der Waals surface area contributed by atoms with Gasteiger partial charge in [-0.3, -0.25) is 14.6 Å². The Morgan fingerprint density at radius 1 is 1.05 bits per heavy atom. The van der Waals surface area contributed by atoms with Gasteiger partial charge in [0.25, 0.3) is 11.8 Å². The van der Waals surface area contributed by atoms with Crippen LogP contribution >= 0.6 is 0 Å². The molecule has 0 radical (unpaired) electrons. The van der Waals surface area contributed by atoms with E-state index >= 15 is 0 Å². The molecule has 2 amide bonds. The van der Waals surface area contributed by atoms with Gasteiger partial charge in [0, 0.05) is 29.6 Å². The molecule has 200 valence electrons. The third kappa shape index (κ3) is 6.30. The monoisotopic (exact) mass is 526 g/mol. The van der Waals surface area contributed by atoms with Crippen molar-refractivity contribution in [3.05, 3.63) is 83.2 Å². The van der Waals surface area contributed by atoms with Crippen LogP contribution in [0.3, 0.4) is 0 Å². The molecule has 0 unspecified atom stereocenters. The van der Waals surface area contributed by atoms with Crippen LogP contribution in [-0.2, 0) is 0 Å². The molecule has 4 rings (SSSR count). The lowest BCUT2D eigenvalue weighted by molar-refractivity contribution is 0.0697. The summed E-state index contributed by atoms with van der Waals surface area (Å²) in [6, 6.07) is 12.7. The Balaban J connectivity index is 1.58. The number of aromatic nitrogens is 3. The summed E-state index contributed by atoms with van der Waals surface area (Å²) in [7, 11) is 0. The molecule has 6 N–H and O–H groups in total. The van der Waals surface area contributed by atoms with Crippen molar-refractivity contribution < 1.29 is 19.5 Å². The third-order valence-corrected chi connectivity index (χ3v) is 6.26. The number of carboxylic acid groups (broad SMARTS) is 1. The molecular weight excluding hydrogens is 496 g/mol. The van der Waals surface area contributed by atoms with Crippen molar-refractivity contribution in [1.29, 1.82) is 0 Å². The van der Waals surface area contributed by atoms with Crippen LogP contribution < -0.4 is 16.4 Å². The fourth-order valence-corrected chi connectivity index (χ4v) is 4.35. The van der Waals surface area contributed by atoms with E-state index in [-0.39, 0.29) is 34.2 Å². The minimum Gasteiger partial charge on any atom is -0.478 e. The number of carbonyl (C=O) groups excluding carboxylic acids is 2. The van der Waals surface area contributed by atoms with Crippen LogP contribution in [0, 0.1) is 0 Å². The van der Waals surface area contributed by atoms with Crippen molar-refractivity contribution in [3.8, 4) is 11.1 Å². The largest absolute Gasteiger partial charge is 0.478 e. The van der Waals surface area contributed by atoms with E-state index in [2.05, 4.69) is 45.5 Å². The summed E-state index contributed by atoms with van der Waals surface area (Å²) in [5.74, 6) is -1.85. The number of pyridine rings is 1. The van der Waals surface area contributed by atoms with E-state index in [0.717, 1.165) is 19.3 Å². The zero-order valence-corrected chi connectivity index (χ0v) is 21.7. The Hall–Kier alpha value is -4.99. The fourth-order valence-electron chi connectivity index (χ4n) is 4.35. The SMILES string of the molecule is CC/C=C(\CC)CCNC(=O)c1ccc(-c2cccnc2C(=O)Nc2ccc3nc(N)[nH]c3c2)c(C(=O)O)c1. The Labute approximate surface area is 225 Å². The highest BCUT2D eigenvalue weighted by atomic mass is 16.4. The first-order valence-electron chi connectivity index (χ1n) is 12.7. The Morgan fingerprint density at radius 3 is 2.62 bits per heavy atom. The van der Waals surface area contributed by atoms with Crippen molar-refractivity contribution in [3.63, 3.8) is 0 Å². The second kappa shape index (κ2) is 12.0. The van der Waals surface area contributed by atoms with E-state index in [1.54, 1.807) is 36.4 Å². The van der Waals surface area contributed by atoms with E-state index < -0.39 is 11.9 Å². The number of allylic oxidation sites excluding steroid dienone is 1. The first-order chi connectivity index (χ1) is 18.8. The molecule has 0 bridgehead atoms. The number of carboxylic acids is 1. The molecule has 0 aliphatic carbocycles. The minimum atomic E-state index is -1.23. The van der Waals surface area contributed by atoms with Crippen LogP contribution in [0.5, 0.6) is 0 Å². The van der Waals surface area contributed by atoms with Crippen molar-refractivity contribution >= 4 is 40.5 Å². The van der Waals surface area contributed by atoms with Gasteiger partial charge in [0.15, 0.2) is 5.95 Å². The average Bonchev–Trinajstić information content (AvgIpc) is 3.31. The molecule has 10 nitrogen and oxygen atoms in total. The summed E-state index contributed by atoms with van der Waals surface area (Å²) in [6.07, 6.45) is 6.18. The predicted octanol–water partition coefficient (Wildman–Crippen LogP) is 5.02. The zero-order chi connectivity index (χ0) is 27.9. The molecule has 10 heteroatoms. The van der Waals surface area contributed by atoms with Gasteiger partial charge in [-0.05, 0) is 61.2 Å². The lowest BCUT2D eigenvalue weighted by Crippen LogP contribution is -2.25. The zero-order valence-electron chi connectivity index (χ0n) is 21.7. The summed E-state index contributed by atoms with van der Waals surface area (Å²) < 4.78 is 0. The fraction of sp³-hybridized carbons (Fsp3) is 0.207. The standard InChI is InChI=1S/C29H30N6O4/c1-3-6-17(4-2)12-14-32-26(36)18-8-10-20(22(15-18)28(38)39)21-7-5-13-31-25(21)27(37)33-19-9-11-23-24(16-19)35-29(30)34-23/h5-11,13,15-16H,3-4,12,14H2,1-2H3,(H,32,36)(H,33,37)(H,38,39)(H3,30,34,35)/b17-6+. The molecule has 39 heavy (non-hydrogen) atoms. The highest BCUT2D eigenvalue weighted by Gasteiger charge is 2.21. The predicted molar refractivity (Wildman–Crippen MR) is 151 cm³/mol. The van der Waals surface area contributed by atoms with Crippen molar-refractivity contribution in [1.82, 2.24) is 20.3 Å². The van der Waals surface area contributed by atoms with Crippen LogP contribution in [0.1, 0.15) is 64.3 Å². The molecule has 0 aliphatic rings. The third-order valence-electron chi connectivity index (χ3n) is 6.26. The van der Waals surface area contributed by atoms with E-state index in [4.69, 9.17) is 5.73 Å². The molecule has 0 aliphatic heterocycles. The number of fused-ring (bicyclic) bond motifs is 1. The highest BCUT2D eigenvalue weighted by Crippen LogP contribution is 2.28. The molecule has 0 atom stereocenters. The highest BCUT2D eigenvalue weighted by molar-refractivity contribution is 6.10. The number of H-pyrrole nitrogens is 1. The number of nitrogen functional groups attached to an aromatic ring is 1. The van der Waals surface area contributed by atoms with Crippen LogP contribution in [-0.4, -0.2) is 44.4 Å². The topological polar surface area (TPSA) is 163 Å². The molecule has 0 saturated carbocycles. The van der Waals surface area contributed by atoms with Gasteiger partial charge in [0.05, 0.1) is 16.6 Å². The normalized spacial score (nSPS) is 11.4. The summed E-state index contributed by atoms with van der Waals surface area (Å²) in [5, 5.41) is 15.6. The number of hydrogen-bond donors (Lipinski definition) is 5. The molecule has 2 aromatic carbocycles. The van der Waals surface area contributed by atoms with Crippen LogP contribution in [0.4, 0.5) is 11.6 Å². The van der Waals surface area contributed by atoms with Crippen LogP contribution in [0.25, 0.3) is 22.2 Å². The Kier molecular flexibility index (Phi) is 8.35. The molecular formula is C29H30N6O4. The van der Waals surface area contributed by atoms with E-state index in [0.29, 0.717) is 28.8 Å². The van der Waals surface area contributed by atoms with Crippen molar-refractivity contribution in [2.75, 3.05) is 17.6 Å². The first kappa shape index (κ1) is 27.1.